The molecule has 0 atom stereocenters. The van der Waals surface area contributed by atoms with Crippen LogP contribution in [0.25, 0.3) is 22.1 Å². The highest BCUT2D eigenvalue weighted by Gasteiger charge is 2.29. The van der Waals surface area contributed by atoms with E-state index in [-0.39, 0.29) is 23.3 Å². The minimum atomic E-state index is -0.338. The van der Waals surface area contributed by atoms with Gasteiger partial charge in [-0.2, -0.15) is 0 Å². The lowest BCUT2D eigenvalue weighted by atomic mass is 10.3. The van der Waals surface area contributed by atoms with Gasteiger partial charge in [0, 0.05) is 25.3 Å². The number of imidazole rings is 3. The summed E-state index contributed by atoms with van der Waals surface area (Å²) in [5.74, 6) is 0.685. The molecule has 5 aromatic rings. The molecule has 4 aromatic heterocycles. The molecule has 1 aliphatic carbocycles. The molecule has 6 rings (SSSR count). The van der Waals surface area contributed by atoms with Gasteiger partial charge in [-0.1, -0.05) is 12.1 Å². The molecule has 1 fully saturated rings. The number of hydrogen-bond acceptors (Lipinski definition) is 5. The first-order valence-corrected chi connectivity index (χ1v) is 11.1. The summed E-state index contributed by atoms with van der Waals surface area (Å²) in [7, 11) is 0. The fourth-order valence-corrected chi connectivity index (χ4v) is 4.59. The maximum atomic E-state index is 13.3. The van der Waals surface area contributed by atoms with Crippen LogP contribution in [-0.2, 0) is 19.6 Å². The second kappa shape index (κ2) is 7.51. The van der Waals surface area contributed by atoms with Gasteiger partial charge in [0.05, 0.1) is 41.0 Å². The number of fused-ring (bicyclic) bond motifs is 2. The molecule has 33 heavy (non-hydrogen) atoms. The standard InChI is InChI=1S/C23H23N7O3/c31-21-13-25-22(32)28(21)11-3-10-27-17-5-2-1-4-16(17)26-20(27)14-29-19-12-24-9-8-18(19)30(23(29)33)15-6-7-15/h1-2,4-5,8-9,12-13,15,31H,3,6-7,10-11,14H2,(H,25,32). The second-order valence-electron chi connectivity index (χ2n) is 8.46. The van der Waals surface area contributed by atoms with Crippen LogP contribution in [0, 0.1) is 0 Å². The molecule has 0 spiro atoms. The van der Waals surface area contributed by atoms with Crippen LogP contribution >= 0.6 is 0 Å². The third kappa shape index (κ3) is 3.25. The quantitative estimate of drug-likeness (QED) is 0.399. The summed E-state index contributed by atoms with van der Waals surface area (Å²) in [6.07, 6.45) is 7.40. The highest BCUT2D eigenvalue weighted by atomic mass is 16.3. The monoisotopic (exact) mass is 445 g/mol. The lowest BCUT2D eigenvalue weighted by molar-refractivity contribution is 0.404. The van der Waals surface area contributed by atoms with Crippen molar-refractivity contribution in [2.45, 2.75) is 44.9 Å². The number of pyridine rings is 1. The molecule has 1 aliphatic rings. The number of aromatic nitrogens is 7. The summed E-state index contributed by atoms with van der Waals surface area (Å²) < 4.78 is 7.03. The van der Waals surface area contributed by atoms with Crippen LogP contribution in [0.2, 0.25) is 0 Å². The van der Waals surface area contributed by atoms with Gasteiger partial charge in [0.25, 0.3) is 0 Å². The third-order valence-electron chi connectivity index (χ3n) is 6.32. The highest BCUT2D eigenvalue weighted by molar-refractivity contribution is 5.77. The predicted molar refractivity (Wildman–Crippen MR) is 122 cm³/mol. The average Bonchev–Trinajstić information content (AvgIpc) is 3.45. The topological polar surface area (TPSA) is 116 Å². The second-order valence-corrected chi connectivity index (χ2v) is 8.46. The minimum Gasteiger partial charge on any atom is -0.493 e. The van der Waals surface area contributed by atoms with E-state index >= 15 is 0 Å². The van der Waals surface area contributed by atoms with Crippen molar-refractivity contribution in [1.82, 2.24) is 33.2 Å². The molecule has 1 saturated carbocycles. The van der Waals surface area contributed by atoms with Gasteiger partial charge in [-0.3, -0.25) is 18.7 Å². The van der Waals surface area contributed by atoms with Gasteiger partial charge >= 0.3 is 11.4 Å². The number of aryl methyl sites for hydroxylation is 1. The Morgan fingerprint density at radius 3 is 2.61 bits per heavy atom. The smallest absolute Gasteiger partial charge is 0.329 e. The largest absolute Gasteiger partial charge is 0.493 e. The van der Waals surface area contributed by atoms with Crippen molar-refractivity contribution in [3.63, 3.8) is 0 Å². The summed E-state index contributed by atoms with van der Waals surface area (Å²) in [5, 5.41) is 9.86. The SMILES string of the molecule is O=c1[nH]cc(O)n1CCCn1c(Cn2c(=O)n(C3CC3)c3ccncc32)nc2ccccc21. The molecular weight excluding hydrogens is 422 g/mol. The van der Waals surface area contributed by atoms with E-state index < -0.39 is 0 Å². The highest BCUT2D eigenvalue weighted by Crippen LogP contribution is 2.36. The molecular formula is C23H23N7O3. The summed E-state index contributed by atoms with van der Waals surface area (Å²) in [4.78, 5) is 36.8. The van der Waals surface area contributed by atoms with Crippen molar-refractivity contribution in [3.8, 4) is 5.88 Å². The van der Waals surface area contributed by atoms with Crippen molar-refractivity contribution < 1.29 is 5.11 Å². The summed E-state index contributed by atoms with van der Waals surface area (Å²) >= 11 is 0. The zero-order valence-electron chi connectivity index (χ0n) is 17.9. The Labute approximate surface area is 187 Å². The van der Waals surface area contributed by atoms with Crippen LogP contribution in [0.3, 0.4) is 0 Å². The van der Waals surface area contributed by atoms with E-state index in [9.17, 15) is 14.7 Å². The molecule has 0 saturated heterocycles. The Bertz CT molecular complexity index is 1600. The lowest BCUT2D eigenvalue weighted by Gasteiger charge is -2.10. The average molecular weight is 445 g/mol. The van der Waals surface area contributed by atoms with E-state index in [0.29, 0.717) is 26.1 Å². The number of nitrogens with one attached hydrogen (secondary N) is 1. The first-order chi connectivity index (χ1) is 16.1. The Kier molecular flexibility index (Phi) is 4.46. The van der Waals surface area contributed by atoms with Crippen LogP contribution in [0.4, 0.5) is 0 Å². The number of aromatic hydroxyl groups is 1. The first-order valence-electron chi connectivity index (χ1n) is 11.1. The van der Waals surface area contributed by atoms with E-state index in [2.05, 4.69) is 14.5 Å². The van der Waals surface area contributed by atoms with Crippen LogP contribution in [0.5, 0.6) is 5.88 Å². The van der Waals surface area contributed by atoms with Gasteiger partial charge in [0.1, 0.15) is 5.82 Å². The Morgan fingerprint density at radius 1 is 1.00 bits per heavy atom. The number of nitrogens with zero attached hydrogens (tertiary/aromatic N) is 6. The Morgan fingerprint density at radius 2 is 1.82 bits per heavy atom. The van der Waals surface area contributed by atoms with Crippen molar-refractivity contribution in [2.24, 2.45) is 0 Å². The van der Waals surface area contributed by atoms with Gasteiger partial charge < -0.3 is 14.7 Å². The summed E-state index contributed by atoms with van der Waals surface area (Å²) in [5.41, 5.74) is 3.15. The molecule has 168 valence electrons. The fraction of sp³-hybridized carbons (Fsp3) is 0.304. The van der Waals surface area contributed by atoms with Crippen LogP contribution in [-0.4, -0.2) is 38.3 Å². The van der Waals surface area contributed by atoms with Crippen molar-refractivity contribution in [3.05, 3.63) is 75.7 Å². The van der Waals surface area contributed by atoms with Gasteiger partial charge in [0.2, 0.25) is 5.88 Å². The Balaban J connectivity index is 1.38. The van der Waals surface area contributed by atoms with Crippen molar-refractivity contribution in [2.75, 3.05) is 0 Å². The normalized spacial score (nSPS) is 13.9. The molecule has 10 heteroatoms. The van der Waals surface area contributed by atoms with Crippen LogP contribution < -0.4 is 11.4 Å². The fourth-order valence-electron chi connectivity index (χ4n) is 4.59. The van der Waals surface area contributed by atoms with Crippen LogP contribution in [0.1, 0.15) is 31.1 Å². The number of aromatic amines is 1. The number of hydrogen-bond donors (Lipinski definition) is 2. The van der Waals surface area contributed by atoms with Crippen molar-refractivity contribution in [1.29, 1.82) is 0 Å². The lowest BCUT2D eigenvalue weighted by Crippen LogP contribution is -2.25. The van der Waals surface area contributed by atoms with E-state index in [0.717, 1.165) is 40.7 Å². The van der Waals surface area contributed by atoms with Gasteiger partial charge in [-0.15, -0.1) is 0 Å². The molecule has 0 amide bonds. The zero-order valence-corrected chi connectivity index (χ0v) is 17.9. The van der Waals surface area contributed by atoms with Gasteiger partial charge in [-0.05, 0) is 37.5 Å². The number of rotatable bonds is 7. The predicted octanol–water partition coefficient (Wildman–Crippen LogP) is 2.22. The van der Waals surface area contributed by atoms with E-state index in [1.54, 1.807) is 17.0 Å². The molecule has 2 N–H and O–H groups in total. The van der Waals surface area contributed by atoms with Crippen LogP contribution in [0.15, 0.2) is 58.5 Å². The summed E-state index contributed by atoms with van der Waals surface area (Å²) in [6, 6.07) is 10.0. The molecule has 4 heterocycles. The number of H-pyrrole nitrogens is 1. The van der Waals surface area contributed by atoms with E-state index in [1.165, 1.54) is 10.8 Å². The molecule has 1 aromatic carbocycles. The number of benzene rings is 1. The van der Waals surface area contributed by atoms with Gasteiger partial charge in [0.15, 0.2) is 0 Å². The maximum absolute atomic E-state index is 13.3. The maximum Gasteiger partial charge on any atom is 0.329 e. The minimum absolute atomic E-state index is 0.0390. The van der Waals surface area contributed by atoms with E-state index in [1.807, 2.05) is 34.9 Å². The number of para-hydroxylation sites is 2. The zero-order chi connectivity index (χ0) is 22.5. The summed E-state index contributed by atoms with van der Waals surface area (Å²) in [6.45, 7) is 1.27. The Hall–Kier alpha value is -4.08. The molecule has 0 bridgehead atoms. The third-order valence-corrected chi connectivity index (χ3v) is 6.32. The molecule has 0 unspecified atom stereocenters. The first kappa shape index (κ1) is 19.6. The van der Waals surface area contributed by atoms with Crippen molar-refractivity contribution >= 4 is 22.1 Å². The van der Waals surface area contributed by atoms with E-state index in [4.69, 9.17) is 4.98 Å². The molecule has 0 aliphatic heterocycles. The molecule has 0 radical (unpaired) electrons. The van der Waals surface area contributed by atoms with Gasteiger partial charge in [-0.25, -0.2) is 14.6 Å². The molecule has 10 nitrogen and oxygen atoms in total.